The molecule has 7 nitrogen and oxygen atoms in total. The van der Waals surface area contributed by atoms with Gasteiger partial charge in [-0.3, -0.25) is 4.79 Å². The molecule has 0 aliphatic heterocycles. The standard InChI is InChI=1S/C9H18N2O5S/c1-7(12)10-8(9(13)14)6-17(15,16)5-4-11(2)3/h8H,4-6H2,1-3H3,(H,10,12)(H,13,14)/t8-/m0/s1. The Morgan fingerprint density at radius 3 is 2.24 bits per heavy atom. The molecule has 0 rings (SSSR count). The predicted molar refractivity (Wildman–Crippen MR) is 62.4 cm³/mol. The van der Waals surface area contributed by atoms with Gasteiger partial charge in [0, 0.05) is 13.5 Å². The van der Waals surface area contributed by atoms with Gasteiger partial charge in [-0.25, -0.2) is 13.2 Å². The van der Waals surface area contributed by atoms with Crippen LogP contribution in [0.15, 0.2) is 0 Å². The Kier molecular flexibility index (Phi) is 6.11. The summed E-state index contributed by atoms with van der Waals surface area (Å²) in [6, 6.07) is -1.39. The normalized spacial score (nSPS) is 13.4. The maximum Gasteiger partial charge on any atom is 0.327 e. The van der Waals surface area contributed by atoms with E-state index in [4.69, 9.17) is 5.11 Å². The lowest BCUT2D eigenvalue weighted by molar-refractivity contribution is -0.140. The van der Waals surface area contributed by atoms with E-state index in [0.29, 0.717) is 6.54 Å². The van der Waals surface area contributed by atoms with E-state index in [2.05, 4.69) is 5.32 Å². The van der Waals surface area contributed by atoms with Crippen LogP contribution in [0, 0.1) is 0 Å². The molecule has 0 saturated carbocycles. The van der Waals surface area contributed by atoms with Crippen molar-refractivity contribution in [2.45, 2.75) is 13.0 Å². The van der Waals surface area contributed by atoms with Crippen molar-refractivity contribution in [2.24, 2.45) is 0 Å². The van der Waals surface area contributed by atoms with Crippen LogP contribution in [-0.4, -0.2) is 68.5 Å². The molecule has 0 aromatic heterocycles. The molecule has 0 aliphatic rings. The number of carbonyl (C=O) groups is 2. The van der Waals surface area contributed by atoms with E-state index < -0.39 is 33.5 Å². The number of rotatable bonds is 7. The van der Waals surface area contributed by atoms with Crippen LogP contribution in [0.3, 0.4) is 0 Å². The highest BCUT2D eigenvalue weighted by atomic mass is 32.2. The first-order chi connectivity index (χ1) is 7.64. The molecule has 0 bridgehead atoms. The van der Waals surface area contributed by atoms with E-state index >= 15 is 0 Å². The van der Waals surface area contributed by atoms with Crippen LogP contribution in [0.5, 0.6) is 0 Å². The van der Waals surface area contributed by atoms with E-state index in [9.17, 15) is 18.0 Å². The monoisotopic (exact) mass is 266 g/mol. The molecular weight excluding hydrogens is 248 g/mol. The molecule has 1 atom stereocenters. The van der Waals surface area contributed by atoms with Gasteiger partial charge in [0.05, 0.1) is 11.5 Å². The summed E-state index contributed by atoms with van der Waals surface area (Å²) in [5.74, 6) is -2.65. The van der Waals surface area contributed by atoms with Gasteiger partial charge in [0.1, 0.15) is 6.04 Å². The first kappa shape index (κ1) is 15.9. The van der Waals surface area contributed by atoms with Crippen molar-refractivity contribution in [1.29, 1.82) is 0 Å². The molecule has 100 valence electrons. The Balaban J connectivity index is 4.53. The average molecular weight is 266 g/mol. The molecule has 0 heterocycles. The van der Waals surface area contributed by atoms with Crippen LogP contribution in [0.4, 0.5) is 0 Å². The Hall–Kier alpha value is -1.15. The highest BCUT2D eigenvalue weighted by molar-refractivity contribution is 7.91. The summed E-state index contributed by atoms with van der Waals surface area (Å²) < 4.78 is 23.2. The number of carbonyl (C=O) groups excluding carboxylic acids is 1. The zero-order valence-electron chi connectivity index (χ0n) is 10.1. The van der Waals surface area contributed by atoms with Crippen LogP contribution in [-0.2, 0) is 19.4 Å². The minimum Gasteiger partial charge on any atom is -0.480 e. The zero-order valence-corrected chi connectivity index (χ0v) is 11.0. The molecule has 0 unspecified atom stereocenters. The van der Waals surface area contributed by atoms with Gasteiger partial charge < -0.3 is 15.3 Å². The molecule has 0 spiro atoms. The number of carboxylic acid groups (broad SMARTS) is 1. The number of nitrogens with zero attached hydrogens (tertiary/aromatic N) is 1. The lowest BCUT2D eigenvalue weighted by atomic mass is 10.3. The summed E-state index contributed by atoms with van der Waals surface area (Å²) in [5, 5.41) is 10.9. The quantitative estimate of drug-likeness (QED) is 0.584. The number of nitrogens with one attached hydrogen (secondary N) is 1. The Labute approximate surface area is 101 Å². The summed E-state index contributed by atoms with van der Waals surface area (Å²) in [6.45, 7) is 1.46. The molecule has 0 aromatic carbocycles. The molecule has 2 N–H and O–H groups in total. The summed E-state index contributed by atoms with van der Waals surface area (Å²) in [4.78, 5) is 23.2. The molecule has 8 heteroatoms. The van der Waals surface area contributed by atoms with Gasteiger partial charge in [0.15, 0.2) is 9.84 Å². The van der Waals surface area contributed by atoms with Crippen molar-refractivity contribution in [3.8, 4) is 0 Å². The molecule has 0 radical (unpaired) electrons. The maximum atomic E-state index is 11.6. The van der Waals surface area contributed by atoms with Crippen molar-refractivity contribution >= 4 is 21.7 Å². The molecule has 1 amide bonds. The summed E-state index contributed by atoms with van der Waals surface area (Å²) in [6.07, 6.45) is 0. The summed E-state index contributed by atoms with van der Waals surface area (Å²) >= 11 is 0. The van der Waals surface area contributed by atoms with Crippen LogP contribution in [0.25, 0.3) is 0 Å². The van der Waals surface area contributed by atoms with Crippen molar-refractivity contribution in [3.05, 3.63) is 0 Å². The van der Waals surface area contributed by atoms with Gasteiger partial charge >= 0.3 is 5.97 Å². The third kappa shape index (κ3) is 7.70. The second-order valence-electron chi connectivity index (χ2n) is 4.01. The fraction of sp³-hybridized carbons (Fsp3) is 0.778. The molecule has 0 aliphatic carbocycles. The summed E-state index contributed by atoms with van der Waals surface area (Å²) in [5.41, 5.74) is 0. The Morgan fingerprint density at radius 2 is 1.88 bits per heavy atom. The largest absolute Gasteiger partial charge is 0.480 e. The second kappa shape index (κ2) is 6.55. The molecule has 17 heavy (non-hydrogen) atoms. The topological polar surface area (TPSA) is 104 Å². The predicted octanol–water partition coefficient (Wildman–Crippen LogP) is -1.45. The molecule has 0 saturated heterocycles. The number of amides is 1. The number of hydrogen-bond acceptors (Lipinski definition) is 5. The highest BCUT2D eigenvalue weighted by Crippen LogP contribution is 1.97. The van der Waals surface area contributed by atoms with Crippen LogP contribution < -0.4 is 5.32 Å². The van der Waals surface area contributed by atoms with E-state index in [0.717, 1.165) is 6.92 Å². The second-order valence-corrected chi connectivity index (χ2v) is 6.24. The van der Waals surface area contributed by atoms with Gasteiger partial charge in [-0.05, 0) is 14.1 Å². The number of hydrogen-bond donors (Lipinski definition) is 2. The van der Waals surface area contributed by atoms with E-state index in [1.807, 2.05) is 0 Å². The highest BCUT2D eigenvalue weighted by Gasteiger charge is 2.25. The van der Waals surface area contributed by atoms with E-state index in [-0.39, 0.29) is 5.75 Å². The van der Waals surface area contributed by atoms with Gasteiger partial charge in [-0.1, -0.05) is 0 Å². The minimum absolute atomic E-state index is 0.136. The molecule has 0 aromatic rings. The first-order valence-corrected chi connectivity index (χ1v) is 6.81. The van der Waals surface area contributed by atoms with Crippen LogP contribution in [0.1, 0.15) is 6.92 Å². The zero-order chi connectivity index (χ0) is 13.6. The fourth-order valence-electron chi connectivity index (χ4n) is 1.08. The Morgan fingerprint density at radius 1 is 1.35 bits per heavy atom. The van der Waals surface area contributed by atoms with E-state index in [1.165, 1.54) is 0 Å². The van der Waals surface area contributed by atoms with Crippen molar-refractivity contribution in [2.75, 3.05) is 32.1 Å². The first-order valence-electron chi connectivity index (χ1n) is 4.99. The van der Waals surface area contributed by atoms with E-state index in [1.54, 1.807) is 19.0 Å². The van der Waals surface area contributed by atoms with Gasteiger partial charge in [0.2, 0.25) is 5.91 Å². The van der Waals surface area contributed by atoms with Crippen LogP contribution in [0.2, 0.25) is 0 Å². The number of aliphatic carboxylic acids is 1. The van der Waals surface area contributed by atoms with Crippen molar-refractivity contribution < 1.29 is 23.1 Å². The fourth-order valence-corrected chi connectivity index (χ4v) is 2.62. The van der Waals surface area contributed by atoms with Crippen molar-refractivity contribution in [3.63, 3.8) is 0 Å². The smallest absolute Gasteiger partial charge is 0.327 e. The van der Waals surface area contributed by atoms with Crippen molar-refractivity contribution in [1.82, 2.24) is 10.2 Å². The lowest BCUT2D eigenvalue weighted by Gasteiger charge is -2.15. The molecule has 0 fully saturated rings. The molecular formula is C9H18N2O5S. The Bertz CT molecular complexity index is 377. The summed E-state index contributed by atoms with van der Waals surface area (Å²) in [7, 11) is -0.0632. The average Bonchev–Trinajstić information content (AvgIpc) is 2.12. The lowest BCUT2D eigenvalue weighted by Crippen LogP contribution is -2.45. The number of sulfone groups is 1. The van der Waals surface area contributed by atoms with Gasteiger partial charge in [0.25, 0.3) is 0 Å². The maximum absolute atomic E-state index is 11.6. The van der Waals surface area contributed by atoms with Crippen LogP contribution >= 0.6 is 0 Å². The third-order valence-corrected chi connectivity index (χ3v) is 3.59. The SMILES string of the molecule is CC(=O)N[C@@H](CS(=O)(=O)CCN(C)C)C(=O)O. The number of carboxylic acids is 1. The minimum atomic E-state index is -3.50. The third-order valence-electron chi connectivity index (χ3n) is 1.95. The van der Waals surface area contributed by atoms with Gasteiger partial charge in [-0.15, -0.1) is 0 Å². The van der Waals surface area contributed by atoms with Gasteiger partial charge in [-0.2, -0.15) is 0 Å².